The molecule has 8 heteroatoms. The number of aryl methyl sites for hydroxylation is 1. The van der Waals surface area contributed by atoms with E-state index in [1.165, 1.54) is 16.8 Å². The fraction of sp³-hybridized carbons (Fsp3) is 0.440. The van der Waals surface area contributed by atoms with Crippen LogP contribution in [0.1, 0.15) is 44.7 Å². The molecule has 1 N–H and O–H groups in total. The van der Waals surface area contributed by atoms with Crippen molar-refractivity contribution >= 4 is 33.2 Å². The lowest BCUT2D eigenvalue weighted by Crippen LogP contribution is -2.43. The summed E-state index contributed by atoms with van der Waals surface area (Å²) in [6, 6.07) is 12.7. The third kappa shape index (κ3) is 4.68. The number of nitrogens with zero attached hydrogens (tertiary/aromatic N) is 2. The maximum Gasteiger partial charge on any atom is 0.243 e. The van der Waals surface area contributed by atoms with E-state index in [9.17, 15) is 18.0 Å². The van der Waals surface area contributed by atoms with Gasteiger partial charge in [0.05, 0.1) is 10.8 Å². The molecule has 0 saturated carbocycles. The van der Waals surface area contributed by atoms with Crippen molar-refractivity contribution < 1.29 is 18.0 Å². The highest BCUT2D eigenvalue weighted by Crippen LogP contribution is 2.35. The van der Waals surface area contributed by atoms with Crippen LogP contribution >= 0.6 is 0 Å². The highest BCUT2D eigenvalue weighted by atomic mass is 32.2. The van der Waals surface area contributed by atoms with Crippen LogP contribution in [0.15, 0.2) is 47.4 Å². The van der Waals surface area contributed by atoms with E-state index in [0.29, 0.717) is 25.8 Å². The molecule has 0 unspecified atom stereocenters. The highest BCUT2D eigenvalue weighted by molar-refractivity contribution is 7.89. The van der Waals surface area contributed by atoms with Gasteiger partial charge in [-0.2, -0.15) is 4.31 Å². The number of carbonyl (C=O) groups is 2. The molecule has 4 rings (SSSR count). The van der Waals surface area contributed by atoms with Gasteiger partial charge in [-0.25, -0.2) is 8.42 Å². The first-order chi connectivity index (χ1) is 15.7. The van der Waals surface area contributed by atoms with Gasteiger partial charge < -0.3 is 10.2 Å². The lowest BCUT2D eigenvalue weighted by Gasteiger charge is -2.31. The van der Waals surface area contributed by atoms with Gasteiger partial charge in [-0.05, 0) is 74.1 Å². The fourth-order valence-corrected chi connectivity index (χ4v) is 6.41. The monoisotopic (exact) mass is 469 g/mol. The molecule has 0 radical (unpaired) electrons. The predicted molar refractivity (Wildman–Crippen MR) is 129 cm³/mol. The van der Waals surface area contributed by atoms with Gasteiger partial charge in [0.2, 0.25) is 21.8 Å². The zero-order chi connectivity index (χ0) is 23.8. The summed E-state index contributed by atoms with van der Waals surface area (Å²) in [5.74, 6) is -0.605. The molecule has 0 bridgehead atoms. The summed E-state index contributed by atoms with van der Waals surface area (Å²) in [6.07, 6.45) is 2.84. The third-order valence-corrected chi connectivity index (χ3v) is 8.49. The zero-order valence-corrected chi connectivity index (χ0v) is 20.2. The molecule has 2 aliphatic heterocycles. The van der Waals surface area contributed by atoms with Crippen molar-refractivity contribution in [2.75, 3.05) is 23.3 Å². The Bertz CT molecular complexity index is 1160. The smallest absolute Gasteiger partial charge is 0.243 e. The SMILES string of the molecule is CCc1ccc(NC(=O)[C@@H]2CCCN(S(=O)(=O)c3ccc4c(c3)C[C@H](C)N4C(C)=O)C2)cc1. The number of amides is 2. The normalized spacial score (nSPS) is 21.0. The van der Waals surface area contributed by atoms with E-state index in [4.69, 9.17) is 0 Å². The van der Waals surface area contributed by atoms with Gasteiger partial charge in [0.15, 0.2) is 0 Å². The molecule has 176 valence electrons. The van der Waals surface area contributed by atoms with Crippen LogP contribution in [0.3, 0.4) is 0 Å². The standard InChI is InChI=1S/C25H31N3O4S/c1-4-19-7-9-22(10-8-19)26-25(30)20-6-5-13-27(16-20)33(31,32)23-11-12-24-21(15-23)14-17(2)28(24)18(3)29/h7-12,15,17,20H,4-6,13-14,16H2,1-3H3,(H,26,30)/t17-,20+/m0/s1. The molecule has 2 heterocycles. The Hall–Kier alpha value is -2.71. The van der Waals surface area contributed by atoms with Crippen LogP contribution in [0, 0.1) is 5.92 Å². The van der Waals surface area contributed by atoms with Crippen LogP contribution in [0.4, 0.5) is 11.4 Å². The van der Waals surface area contributed by atoms with Crippen molar-refractivity contribution in [3.63, 3.8) is 0 Å². The molecule has 2 atom stereocenters. The molecular formula is C25H31N3O4S. The summed E-state index contributed by atoms with van der Waals surface area (Å²) < 4.78 is 28.2. The average molecular weight is 470 g/mol. The van der Waals surface area contributed by atoms with E-state index in [-0.39, 0.29) is 29.3 Å². The van der Waals surface area contributed by atoms with E-state index in [0.717, 1.165) is 23.4 Å². The number of carbonyl (C=O) groups excluding carboxylic acids is 2. The Kier molecular flexibility index (Phi) is 6.59. The number of hydrogen-bond acceptors (Lipinski definition) is 4. The van der Waals surface area contributed by atoms with Gasteiger partial charge in [0.1, 0.15) is 0 Å². The number of sulfonamides is 1. The Morgan fingerprint density at radius 1 is 1.12 bits per heavy atom. The topological polar surface area (TPSA) is 86.8 Å². The van der Waals surface area contributed by atoms with Crippen molar-refractivity contribution in [3.8, 4) is 0 Å². The Morgan fingerprint density at radius 3 is 2.52 bits per heavy atom. The van der Waals surface area contributed by atoms with Crippen molar-refractivity contribution in [1.29, 1.82) is 0 Å². The molecule has 33 heavy (non-hydrogen) atoms. The lowest BCUT2D eigenvalue weighted by molar-refractivity contribution is -0.121. The second-order valence-electron chi connectivity index (χ2n) is 8.97. The molecule has 1 saturated heterocycles. The molecule has 0 aliphatic carbocycles. The summed E-state index contributed by atoms with van der Waals surface area (Å²) in [4.78, 5) is 26.7. The van der Waals surface area contributed by atoms with Crippen LogP contribution in [-0.4, -0.2) is 43.7 Å². The molecule has 2 amide bonds. The quantitative estimate of drug-likeness (QED) is 0.725. The van der Waals surface area contributed by atoms with Crippen molar-refractivity contribution in [2.24, 2.45) is 5.92 Å². The van der Waals surface area contributed by atoms with Gasteiger partial charge in [0, 0.05) is 37.4 Å². The van der Waals surface area contributed by atoms with Gasteiger partial charge in [-0.15, -0.1) is 0 Å². The van der Waals surface area contributed by atoms with Crippen LogP contribution < -0.4 is 10.2 Å². The molecule has 2 aromatic rings. The minimum Gasteiger partial charge on any atom is -0.326 e. The summed E-state index contributed by atoms with van der Waals surface area (Å²) in [5, 5.41) is 2.93. The van der Waals surface area contributed by atoms with Gasteiger partial charge in [0.25, 0.3) is 0 Å². The predicted octanol–water partition coefficient (Wildman–Crippen LogP) is 3.59. The molecular weight excluding hydrogens is 438 g/mol. The van der Waals surface area contributed by atoms with Crippen LogP contribution in [0.25, 0.3) is 0 Å². The summed E-state index contributed by atoms with van der Waals surface area (Å²) in [6.45, 7) is 6.11. The average Bonchev–Trinajstić information content (AvgIpc) is 3.14. The lowest BCUT2D eigenvalue weighted by atomic mass is 9.98. The number of anilines is 2. The minimum atomic E-state index is -3.74. The first-order valence-corrected chi connectivity index (χ1v) is 13.0. The van der Waals surface area contributed by atoms with Crippen LogP contribution in [-0.2, 0) is 32.5 Å². The third-order valence-electron chi connectivity index (χ3n) is 6.63. The Labute approximate surface area is 195 Å². The molecule has 0 spiro atoms. The molecule has 1 fully saturated rings. The Morgan fingerprint density at radius 2 is 1.85 bits per heavy atom. The number of benzene rings is 2. The number of piperidine rings is 1. The van der Waals surface area contributed by atoms with Crippen LogP contribution in [0.2, 0.25) is 0 Å². The van der Waals surface area contributed by atoms with Gasteiger partial charge >= 0.3 is 0 Å². The van der Waals surface area contributed by atoms with Gasteiger partial charge in [-0.3, -0.25) is 9.59 Å². The molecule has 2 aliphatic rings. The fourth-order valence-electron chi connectivity index (χ4n) is 4.84. The number of nitrogens with one attached hydrogen (secondary N) is 1. The Balaban J connectivity index is 1.49. The largest absolute Gasteiger partial charge is 0.326 e. The van der Waals surface area contributed by atoms with E-state index < -0.39 is 15.9 Å². The number of rotatable bonds is 5. The van der Waals surface area contributed by atoms with E-state index in [1.54, 1.807) is 23.1 Å². The number of hydrogen-bond donors (Lipinski definition) is 1. The van der Waals surface area contributed by atoms with Crippen molar-refractivity contribution in [1.82, 2.24) is 4.31 Å². The van der Waals surface area contributed by atoms with Crippen molar-refractivity contribution in [2.45, 2.75) is 57.4 Å². The highest BCUT2D eigenvalue weighted by Gasteiger charge is 2.35. The summed E-state index contributed by atoms with van der Waals surface area (Å²) >= 11 is 0. The second-order valence-corrected chi connectivity index (χ2v) is 10.9. The summed E-state index contributed by atoms with van der Waals surface area (Å²) in [7, 11) is -3.74. The zero-order valence-electron chi connectivity index (χ0n) is 19.4. The van der Waals surface area contributed by atoms with E-state index in [2.05, 4.69) is 12.2 Å². The second kappa shape index (κ2) is 9.27. The molecule has 0 aromatic heterocycles. The van der Waals surface area contributed by atoms with Crippen LogP contribution in [0.5, 0.6) is 0 Å². The maximum absolute atomic E-state index is 13.4. The maximum atomic E-state index is 13.4. The van der Waals surface area contributed by atoms with E-state index in [1.807, 2.05) is 31.2 Å². The first-order valence-electron chi connectivity index (χ1n) is 11.5. The first kappa shape index (κ1) is 23.4. The van der Waals surface area contributed by atoms with Gasteiger partial charge in [-0.1, -0.05) is 19.1 Å². The number of fused-ring (bicyclic) bond motifs is 1. The van der Waals surface area contributed by atoms with E-state index >= 15 is 0 Å². The minimum absolute atomic E-state index is 0.00455. The molecule has 2 aromatic carbocycles. The summed E-state index contributed by atoms with van der Waals surface area (Å²) in [5.41, 5.74) is 3.55. The molecule has 7 nitrogen and oxygen atoms in total. The van der Waals surface area contributed by atoms with Crippen molar-refractivity contribution in [3.05, 3.63) is 53.6 Å².